The van der Waals surface area contributed by atoms with Gasteiger partial charge in [0, 0.05) is 30.0 Å². The molecule has 3 aliphatic rings. The first kappa shape index (κ1) is 18.7. The number of fused-ring (bicyclic) bond motifs is 1. The minimum absolute atomic E-state index is 0. The second kappa shape index (κ2) is 8.99. The van der Waals surface area contributed by atoms with Gasteiger partial charge in [-0.1, -0.05) is 6.42 Å². The van der Waals surface area contributed by atoms with Crippen LogP contribution in [-0.2, 0) is 4.79 Å². The molecule has 3 fully saturated rings. The molecule has 4 atom stereocenters. The lowest BCUT2D eigenvalue weighted by Crippen LogP contribution is -2.45. The fourth-order valence-electron chi connectivity index (χ4n) is 3.55. The summed E-state index contributed by atoms with van der Waals surface area (Å²) in [5.41, 5.74) is 0. The van der Waals surface area contributed by atoms with E-state index in [1.165, 1.54) is 0 Å². The highest BCUT2D eigenvalue weighted by molar-refractivity contribution is 8.00. The van der Waals surface area contributed by atoms with Gasteiger partial charge < -0.3 is 21.3 Å². The maximum atomic E-state index is 11.9. The Bertz CT molecular complexity index is 420. The molecule has 0 spiro atoms. The minimum atomic E-state index is -0.0271. The van der Waals surface area contributed by atoms with Crippen LogP contribution in [0.25, 0.3) is 0 Å². The van der Waals surface area contributed by atoms with E-state index in [0.717, 1.165) is 50.9 Å². The van der Waals surface area contributed by atoms with Crippen LogP contribution in [0.3, 0.4) is 0 Å². The molecule has 0 radical (unpaired) electrons. The van der Waals surface area contributed by atoms with E-state index in [1.54, 1.807) is 0 Å². The number of unbranched alkanes of at least 4 members (excludes halogenated alkanes) is 1. The highest BCUT2D eigenvalue weighted by Gasteiger charge is 2.42. The van der Waals surface area contributed by atoms with E-state index < -0.39 is 0 Å². The van der Waals surface area contributed by atoms with Crippen LogP contribution < -0.4 is 21.3 Å². The van der Waals surface area contributed by atoms with Crippen LogP contribution in [-0.4, -0.2) is 54.2 Å². The molecule has 3 heterocycles. The summed E-state index contributed by atoms with van der Waals surface area (Å²) in [7, 11) is 0. The van der Waals surface area contributed by atoms with Crippen molar-refractivity contribution >= 4 is 36.1 Å². The summed E-state index contributed by atoms with van der Waals surface area (Å²) < 4.78 is 0. The van der Waals surface area contributed by atoms with Gasteiger partial charge in [0.1, 0.15) is 0 Å². The van der Waals surface area contributed by atoms with Gasteiger partial charge in [-0.15, -0.1) is 12.4 Å². The summed E-state index contributed by atoms with van der Waals surface area (Å²) in [6, 6.07) is 0.859. The Morgan fingerprint density at radius 1 is 1.30 bits per heavy atom. The van der Waals surface area contributed by atoms with Crippen LogP contribution in [0.1, 0.15) is 38.5 Å². The molecular formula is C15H27ClN4O2S. The van der Waals surface area contributed by atoms with E-state index in [1.807, 2.05) is 11.8 Å². The number of carbonyl (C=O) groups is 2. The Morgan fingerprint density at radius 2 is 2.17 bits per heavy atom. The Kier molecular flexibility index (Phi) is 7.30. The molecule has 132 valence electrons. The molecule has 23 heavy (non-hydrogen) atoms. The third-order valence-electron chi connectivity index (χ3n) is 4.74. The van der Waals surface area contributed by atoms with Gasteiger partial charge in [-0.05, 0) is 32.2 Å². The summed E-state index contributed by atoms with van der Waals surface area (Å²) in [6.45, 7) is 1.97. The number of nitrogens with one attached hydrogen (secondary N) is 4. The smallest absolute Gasteiger partial charge is 0.315 e. The van der Waals surface area contributed by atoms with E-state index in [-0.39, 0.29) is 30.4 Å². The summed E-state index contributed by atoms with van der Waals surface area (Å²) in [4.78, 5) is 23.2. The number of hydrogen-bond acceptors (Lipinski definition) is 4. The SMILES string of the molecule is Cl.O=C(CCCCC1SCC2NC(=O)NC21)NC1CCCNC1. The summed E-state index contributed by atoms with van der Waals surface area (Å²) in [5.74, 6) is 1.19. The lowest BCUT2D eigenvalue weighted by atomic mass is 10.0. The van der Waals surface area contributed by atoms with Crippen LogP contribution in [0.5, 0.6) is 0 Å². The molecule has 4 unspecified atom stereocenters. The zero-order valence-electron chi connectivity index (χ0n) is 13.3. The molecule has 4 N–H and O–H groups in total. The molecule has 3 amide bonds. The van der Waals surface area contributed by atoms with E-state index in [0.29, 0.717) is 23.8 Å². The van der Waals surface area contributed by atoms with E-state index >= 15 is 0 Å². The molecule has 0 aromatic rings. The number of rotatable bonds is 6. The number of carbonyl (C=O) groups excluding carboxylic acids is 2. The molecule has 6 nitrogen and oxygen atoms in total. The molecule has 3 saturated heterocycles. The molecule has 0 saturated carbocycles. The average molecular weight is 363 g/mol. The van der Waals surface area contributed by atoms with Crippen molar-refractivity contribution in [2.75, 3.05) is 18.8 Å². The third-order valence-corrected chi connectivity index (χ3v) is 6.25. The van der Waals surface area contributed by atoms with Crippen LogP contribution in [0.4, 0.5) is 4.79 Å². The van der Waals surface area contributed by atoms with Gasteiger partial charge in [-0.3, -0.25) is 4.79 Å². The van der Waals surface area contributed by atoms with Crippen molar-refractivity contribution < 1.29 is 9.59 Å². The van der Waals surface area contributed by atoms with Gasteiger partial charge >= 0.3 is 6.03 Å². The standard InChI is InChI=1S/C15H26N4O2S.ClH/c20-13(17-10-4-3-7-16-8-10)6-2-1-5-12-14-11(9-22-12)18-15(21)19-14;/h10-12,14,16H,1-9H2,(H,17,20)(H2,18,19,21);1H. The van der Waals surface area contributed by atoms with Crippen molar-refractivity contribution in [3.8, 4) is 0 Å². The van der Waals surface area contributed by atoms with Gasteiger partial charge in [0.2, 0.25) is 5.91 Å². The predicted octanol–water partition coefficient (Wildman–Crippen LogP) is 1.00. The first-order chi connectivity index (χ1) is 10.7. The topological polar surface area (TPSA) is 82.3 Å². The predicted molar refractivity (Wildman–Crippen MR) is 95.2 cm³/mol. The van der Waals surface area contributed by atoms with Crippen LogP contribution in [0.15, 0.2) is 0 Å². The summed E-state index contributed by atoms with van der Waals surface area (Å²) in [6.07, 6.45) is 5.91. The lowest BCUT2D eigenvalue weighted by molar-refractivity contribution is -0.122. The molecule has 0 aliphatic carbocycles. The molecule has 3 rings (SSSR count). The average Bonchev–Trinajstić information content (AvgIpc) is 3.04. The zero-order valence-corrected chi connectivity index (χ0v) is 14.9. The molecule has 3 aliphatic heterocycles. The second-order valence-electron chi connectivity index (χ2n) is 6.48. The number of piperidine rings is 1. The van der Waals surface area contributed by atoms with Gasteiger partial charge in [-0.2, -0.15) is 11.8 Å². The quantitative estimate of drug-likeness (QED) is 0.420. The van der Waals surface area contributed by atoms with Gasteiger partial charge in [0.15, 0.2) is 0 Å². The van der Waals surface area contributed by atoms with Crippen LogP contribution in [0.2, 0.25) is 0 Å². The monoisotopic (exact) mass is 362 g/mol. The highest BCUT2D eigenvalue weighted by atomic mass is 35.5. The molecule has 0 bridgehead atoms. The fourth-order valence-corrected chi connectivity index (χ4v) is 5.09. The largest absolute Gasteiger partial charge is 0.352 e. The van der Waals surface area contributed by atoms with Crippen molar-refractivity contribution in [1.29, 1.82) is 0 Å². The van der Waals surface area contributed by atoms with Crippen molar-refractivity contribution in [3.05, 3.63) is 0 Å². The maximum absolute atomic E-state index is 11.9. The fraction of sp³-hybridized carbons (Fsp3) is 0.867. The molecule has 0 aromatic heterocycles. The van der Waals surface area contributed by atoms with Crippen molar-refractivity contribution in [2.24, 2.45) is 0 Å². The summed E-state index contributed by atoms with van der Waals surface area (Å²) in [5, 5.41) is 12.9. The minimum Gasteiger partial charge on any atom is -0.352 e. The number of urea groups is 1. The van der Waals surface area contributed by atoms with Gasteiger partial charge in [0.05, 0.1) is 12.1 Å². The Balaban J connectivity index is 0.00000192. The Hall–Kier alpha value is -0.660. The number of thioether (sulfide) groups is 1. The number of hydrogen-bond donors (Lipinski definition) is 4. The highest BCUT2D eigenvalue weighted by Crippen LogP contribution is 2.33. The van der Waals surface area contributed by atoms with E-state index in [2.05, 4.69) is 21.3 Å². The Labute approximate surface area is 148 Å². The van der Waals surface area contributed by atoms with E-state index in [4.69, 9.17) is 0 Å². The van der Waals surface area contributed by atoms with Gasteiger partial charge in [0.25, 0.3) is 0 Å². The molecule has 0 aromatic carbocycles. The zero-order chi connectivity index (χ0) is 15.4. The third kappa shape index (κ3) is 5.16. The van der Waals surface area contributed by atoms with Crippen LogP contribution >= 0.6 is 24.2 Å². The lowest BCUT2D eigenvalue weighted by Gasteiger charge is -2.23. The molecular weight excluding hydrogens is 336 g/mol. The normalized spacial score (nSPS) is 32.4. The Morgan fingerprint density at radius 3 is 2.96 bits per heavy atom. The first-order valence-electron chi connectivity index (χ1n) is 8.41. The van der Waals surface area contributed by atoms with Crippen molar-refractivity contribution in [1.82, 2.24) is 21.3 Å². The van der Waals surface area contributed by atoms with Crippen molar-refractivity contribution in [3.63, 3.8) is 0 Å². The van der Waals surface area contributed by atoms with E-state index in [9.17, 15) is 9.59 Å². The van der Waals surface area contributed by atoms with Crippen molar-refractivity contribution in [2.45, 2.75) is 61.9 Å². The summed E-state index contributed by atoms with van der Waals surface area (Å²) >= 11 is 1.94. The number of amides is 3. The maximum Gasteiger partial charge on any atom is 0.315 e. The number of halogens is 1. The first-order valence-corrected chi connectivity index (χ1v) is 9.46. The van der Waals surface area contributed by atoms with Gasteiger partial charge in [-0.25, -0.2) is 4.79 Å². The van der Waals surface area contributed by atoms with Crippen LogP contribution in [0, 0.1) is 0 Å². The molecule has 8 heteroatoms. The second-order valence-corrected chi connectivity index (χ2v) is 7.75.